The average molecular weight is 264 g/mol. The van der Waals surface area contributed by atoms with Gasteiger partial charge in [-0.15, -0.1) is 0 Å². The first-order valence-corrected chi connectivity index (χ1v) is 5.45. The van der Waals surface area contributed by atoms with E-state index in [1.165, 1.54) is 6.33 Å². The van der Waals surface area contributed by atoms with Gasteiger partial charge in [0.15, 0.2) is 0 Å². The molecule has 0 aliphatic rings. The van der Waals surface area contributed by atoms with Crippen LogP contribution in [0.15, 0.2) is 12.4 Å². The normalized spacial score (nSPS) is 11.3. The Kier molecular flexibility index (Phi) is 5.63. The third kappa shape index (κ3) is 6.24. The van der Waals surface area contributed by atoms with Crippen LogP contribution < -0.4 is 10.6 Å². The zero-order chi connectivity index (χ0) is 13.4. The first-order chi connectivity index (χ1) is 8.51. The number of hydrogen-bond donors (Lipinski definition) is 2. The van der Waals surface area contributed by atoms with E-state index in [-0.39, 0.29) is 13.2 Å². The highest BCUT2D eigenvalue weighted by atomic mass is 19.4. The molecule has 18 heavy (non-hydrogen) atoms. The van der Waals surface area contributed by atoms with E-state index in [2.05, 4.69) is 25.3 Å². The Hall–Kier alpha value is -1.57. The van der Waals surface area contributed by atoms with Crippen molar-refractivity contribution in [1.29, 1.82) is 0 Å². The second-order valence-corrected chi connectivity index (χ2v) is 3.41. The van der Waals surface area contributed by atoms with Gasteiger partial charge in [-0.3, -0.25) is 0 Å². The number of rotatable bonds is 7. The molecule has 1 rings (SSSR count). The van der Waals surface area contributed by atoms with Gasteiger partial charge >= 0.3 is 6.18 Å². The third-order valence-electron chi connectivity index (χ3n) is 1.84. The Morgan fingerprint density at radius 1 is 1.22 bits per heavy atom. The Balaban J connectivity index is 2.24. The van der Waals surface area contributed by atoms with Gasteiger partial charge in [0.2, 0.25) is 0 Å². The molecule has 8 heteroatoms. The van der Waals surface area contributed by atoms with Crippen LogP contribution in [0, 0.1) is 0 Å². The van der Waals surface area contributed by atoms with Gasteiger partial charge in [-0.25, -0.2) is 9.97 Å². The van der Waals surface area contributed by atoms with Crippen LogP contribution in [0.5, 0.6) is 0 Å². The average Bonchev–Trinajstić information content (AvgIpc) is 2.28. The molecule has 5 nitrogen and oxygen atoms in total. The molecule has 0 aliphatic carbocycles. The number of alkyl halides is 3. The van der Waals surface area contributed by atoms with Gasteiger partial charge in [0.05, 0.1) is 6.61 Å². The molecule has 0 aromatic carbocycles. The summed E-state index contributed by atoms with van der Waals surface area (Å²) in [7, 11) is 0. The highest BCUT2D eigenvalue weighted by Gasteiger charge is 2.27. The molecule has 0 aliphatic heterocycles. The summed E-state index contributed by atoms with van der Waals surface area (Å²) in [6.07, 6.45) is -2.91. The summed E-state index contributed by atoms with van der Waals surface area (Å²) < 4.78 is 39.8. The molecule has 0 saturated heterocycles. The second kappa shape index (κ2) is 7.00. The van der Waals surface area contributed by atoms with Crippen molar-refractivity contribution in [2.45, 2.75) is 13.1 Å². The molecule has 0 unspecified atom stereocenters. The van der Waals surface area contributed by atoms with E-state index in [0.29, 0.717) is 11.6 Å². The van der Waals surface area contributed by atoms with Crippen LogP contribution >= 0.6 is 0 Å². The summed E-state index contributed by atoms with van der Waals surface area (Å²) in [6.45, 7) is 1.63. The zero-order valence-corrected chi connectivity index (χ0v) is 9.92. The fourth-order valence-corrected chi connectivity index (χ4v) is 1.17. The molecule has 0 fully saturated rings. The molecule has 0 amide bonds. The Labute approximate surface area is 103 Å². The van der Waals surface area contributed by atoms with E-state index >= 15 is 0 Å². The van der Waals surface area contributed by atoms with Gasteiger partial charge in [0.25, 0.3) is 0 Å². The SMILES string of the molecule is CCNc1cc(NCCOCC(F)(F)F)ncn1. The predicted molar refractivity (Wildman–Crippen MR) is 61.6 cm³/mol. The number of nitrogens with zero attached hydrogens (tertiary/aromatic N) is 2. The van der Waals surface area contributed by atoms with Crippen LogP contribution in [0.4, 0.5) is 24.8 Å². The van der Waals surface area contributed by atoms with Crippen LogP contribution in [-0.4, -0.2) is 42.4 Å². The van der Waals surface area contributed by atoms with Gasteiger partial charge in [0.1, 0.15) is 24.6 Å². The Morgan fingerprint density at radius 3 is 2.50 bits per heavy atom. The smallest absolute Gasteiger partial charge is 0.370 e. The number of aromatic nitrogens is 2. The van der Waals surface area contributed by atoms with Crippen LogP contribution in [0.1, 0.15) is 6.92 Å². The summed E-state index contributed by atoms with van der Waals surface area (Å²) in [5.41, 5.74) is 0. The van der Waals surface area contributed by atoms with Crippen molar-refractivity contribution in [3.05, 3.63) is 12.4 Å². The molecule has 0 spiro atoms. The van der Waals surface area contributed by atoms with Gasteiger partial charge in [0, 0.05) is 19.2 Å². The number of ether oxygens (including phenoxy) is 1. The lowest BCUT2D eigenvalue weighted by Crippen LogP contribution is -2.20. The fourth-order valence-electron chi connectivity index (χ4n) is 1.17. The highest BCUT2D eigenvalue weighted by molar-refractivity contribution is 5.46. The van der Waals surface area contributed by atoms with E-state index in [1.807, 2.05) is 6.92 Å². The molecule has 0 saturated carbocycles. The zero-order valence-electron chi connectivity index (χ0n) is 9.92. The second-order valence-electron chi connectivity index (χ2n) is 3.41. The van der Waals surface area contributed by atoms with Crippen molar-refractivity contribution >= 4 is 11.6 Å². The number of anilines is 2. The maximum Gasteiger partial charge on any atom is 0.411 e. The molecular weight excluding hydrogens is 249 g/mol. The van der Waals surface area contributed by atoms with Crippen molar-refractivity contribution in [2.75, 3.05) is 36.9 Å². The van der Waals surface area contributed by atoms with Crippen molar-refractivity contribution in [3.63, 3.8) is 0 Å². The quantitative estimate of drug-likeness (QED) is 0.737. The predicted octanol–water partition coefficient (Wildman–Crippen LogP) is 1.90. The first kappa shape index (κ1) is 14.5. The van der Waals surface area contributed by atoms with Gasteiger partial charge < -0.3 is 15.4 Å². The third-order valence-corrected chi connectivity index (χ3v) is 1.84. The molecule has 1 heterocycles. The molecule has 1 aromatic rings. The molecule has 0 bridgehead atoms. The Bertz CT molecular complexity index is 359. The molecule has 0 radical (unpaired) electrons. The minimum Gasteiger partial charge on any atom is -0.370 e. The molecule has 0 atom stereocenters. The molecular formula is C10H15F3N4O. The summed E-state index contributed by atoms with van der Waals surface area (Å²) >= 11 is 0. The van der Waals surface area contributed by atoms with E-state index in [4.69, 9.17) is 0 Å². The van der Waals surface area contributed by atoms with Crippen molar-refractivity contribution in [2.24, 2.45) is 0 Å². The molecule has 102 valence electrons. The summed E-state index contributed by atoms with van der Waals surface area (Å²) in [6, 6.07) is 1.67. The molecule has 1 aromatic heterocycles. The molecule has 2 N–H and O–H groups in total. The van der Waals surface area contributed by atoms with E-state index in [1.54, 1.807) is 6.07 Å². The lowest BCUT2D eigenvalue weighted by atomic mass is 10.5. The van der Waals surface area contributed by atoms with E-state index in [0.717, 1.165) is 6.54 Å². The lowest BCUT2D eigenvalue weighted by molar-refractivity contribution is -0.172. The monoisotopic (exact) mass is 264 g/mol. The maximum absolute atomic E-state index is 11.8. The largest absolute Gasteiger partial charge is 0.411 e. The van der Waals surface area contributed by atoms with Crippen LogP contribution in [0.25, 0.3) is 0 Å². The standard InChI is InChI=1S/C10H15F3N4O/c1-2-14-8-5-9(17-7-16-8)15-3-4-18-6-10(11,12)13/h5,7H,2-4,6H2,1H3,(H2,14,15,16,17). The number of halogens is 3. The lowest BCUT2D eigenvalue weighted by Gasteiger charge is -2.09. The van der Waals surface area contributed by atoms with Crippen LogP contribution in [0.2, 0.25) is 0 Å². The minimum absolute atomic E-state index is 0.0416. The fraction of sp³-hybridized carbons (Fsp3) is 0.600. The van der Waals surface area contributed by atoms with E-state index in [9.17, 15) is 13.2 Å². The number of nitrogens with one attached hydrogen (secondary N) is 2. The maximum atomic E-state index is 11.8. The van der Waals surface area contributed by atoms with Gasteiger partial charge in [-0.05, 0) is 6.92 Å². The highest BCUT2D eigenvalue weighted by Crippen LogP contribution is 2.14. The minimum atomic E-state index is -4.28. The van der Waals surface area contributed by atoms with Gasteiger partial charge in [-0.1, -0.05) is 0 Å². The summed E-state index contributed by atoms with van der Waals surface area (Å²) in [5.74, 6) is 1.20. The van der Waals surface area contributed by atoms with Crippen molar-refractivity contribution < 1.29 is 17.9 Å². The van der Waals surface area contributed by atoms with Crippen molar-refractivity contribution in [3.8, 4) is 0 Å². The van der Waals surface area contributed by atoms with Crippen LogP contribution in [-0.2, 0) is 4.74 Å². The summed E-state index contributed by atoms with van der Waals surface area (Å²) in [5, 5.41) is 5.84. The van der Waals surface area contributed by atoms with E-state index < -0.39 is 12.8 Å². The first-order valence-electron chi connectivity index (χ1n) is 5.45. The van der Waals surface area contributed by atoms with Crippen LogP contribution in [0.3, 0.4) is 0 Å². The topological polar surface area (TPSA) is 59.1 Å². The number of hydrogen-bond acceptors (Lipinski definition) is 5. The van der Waals surface area contributed by atoms with Crippen molar-refractivity contribution in [1.82, 2.24) is 9.97 Å². The summed E-state index contributed by atoms with van der Waals surface area (Å²) in [4.78, 5) is 7.89. The van der Waals surface area contributed by atoms with Gasteiger partial charge in [-0.2, -0.15) is 13.2 Å². The Morgan fingerprint density at radius 2 is 1.89 bits per heavy atom.